The summed E-state index contributed by atoms with van der Waals surface area (Å²) in [4.78, 5) is 7.02. The number of fused-ring (bicyclic) bond motifs is 1. The second-order valence-corrected chi connectivity index (χ2v) is 6.03. The third-order valence-corrected chi connectivity index (χ3v) is 4.54. The van der Waals surface area contributed by atoms with Crippen molar-refractivity contribution in [3.63, 3.8) is 0 Å². The van der Waals surface area contributed by atoms with Crippen molar-refractivity contribution in [3.8, 4) is 11.3 Å². The predicted octanol–water partition coefficient (Wildman–Crippen LogP) is 4.64. The first kappa shape index (κ1) is 11.8. The number of nitrogens with zero attached hydrogens (tertiary/aromatic N) is 2. The van der Waals surface area contributed by atoms with Crippen LogP contribution in [0.25, 0.3) is 16.2 Å². The SMILES string of the molecule is Cc1nc2sc(C)c(C)n2c1-c1ccc(Cl)cc1. The molecule has 0 aliphatic heterocycles. The van der Waals surface area contributed by atoms with Crippen LogP contribution in [-0.4, -0.2) is 9.38 Å². The van der Waals surface area contributed by atoms with E-state index < -0.39 is 0 Å². The summed E-state index contributed by atoms with van der Waals surface area (Å²) in [5.41, 5.74) is 4.65. The summed E-state index contributed by atoms with van der Waals surface area (Å²) in [5.74, 6) is 0. The van der Waals surface area contributed by atoms with Crippen molar-refractivity contribution in [2.75, 3.05) is 0 Å². The molecular weight excluding hydrogens is 264 g/mol. The molecule has 3 rings (SSSR count). The van der Waals surface area contributed by atoms with Crippen molar-refractivity contribution in [1.29, 1.82) is 0 Å². The zero-order valence-corrected chi connectivity index (χ0v) is 12.1. The van der Waals surface area contributed by atoms with E-state index in [2.05, 4.69) is 30.2 Å². The lowest BCUT2D eigenvalue weighted by molar-refractivity contribution is 1.11. The highest BCUT2D eigenvalue weighted by molar-refractivity contribution is 7.17. The molecule has 2 heterocycles. The van der Waals surface area contributed by atoms with Gasteiger partial charge in [-0.3, -0.25) is 4.40 Å². The molecule has 1 aromatic carbocycles. The van der Waals surface area contributed by atoms with Crippen LogP contribution >= 0.6 is 22.9 Å². The van der Waals surface area contributed by atoms with E-state index in [4.69, 9.17) is 11.6 Å². The molecule has 0 spiro atoms. The first-order chi connectivity index (χ1) is 8.58. The van der Waals surface area contributed by atoms with Gasteiger partial charge in [-0.1, -0.05) is 23.7 Å². The number of halogens is 1. The number of benzene rings is 1. The molecule has 0 fully saturated rings. The first-order valence-electron chi connectivity index (χ1n) is 5.79. The molecule has 0 N–H and O–H groups in total. The lowest BCUT2D eigenvalue weighted by Gasteiger charge is -2.04. The van der Waals surface area contributed by atoms with Gasteiger partial charge < -0.3 is 0 Å². The maximum absolute atomic E-state index is 5.95. The van der Waals surface area contributed by atoms with Crippen LogP contribution in [0.1, 0.15) is 16.3 Å². The molecule has 0 saturated carbocycles. The molecule has 92 valence electrons. The Morgan fingerprint density at radius 3 is 2.44 bits per heavy atom. The third-order valence-electron chi connectivity index (χ3n) is 3.23. The monoisotopic (exact) mass is 276 g/mol. The number of hydrogen-bond donors (Lipinski definition) is 0. The molecule has 2 aromatic heterocycles. The molecule has 3 aromatic rings. The normalized spacial score (nSPS) is 11.3. The maximum Gasteiger partial charge on any atom is 0.194 e. The van der Waals surface area contributed by atoms with Crippen molar-refractivity contribution in [2.45, 2.75) is 20.8 Å². The van der Waals surface area contributed by atoms with Crippen molar-refractivity contribution in [1.82, 2.24) is 9.38 Å². The minimum absolute atomic E-state index is 0.760. The molecule has 2 nitrogen and oxygen atoms in total. The van der Waals surface area contributed by atoms with Gasteiger partial charge in [-0.25, -0.2) is 4.98 Å². The number of aromatic nitrogens is 2. The van der Waals surface area contributed by atoms with Crippen LogP contribution in [0.4, 0.5) is 0 Å². The molecule has 0 saturated heterocycles. The Bertz CT molecular complexity index is 722. The Morgan fingerprint density at radius 1 is 1.11 bits per heavy atom. The Labute approximate surface area is 115 Å². The topological polar surface area (TPSA) is 17.3 Å². The summed E-state index contributed by atoms with van der Waals surface area (Å²) in [5, 5.41) is 0.760. The Morgan fingerprint density at radius 2 is 1.78 bits per heavy atom. The van der Waals surface area contributed by atoms with E-state index in [0.717, 1.165) is 21.2 Å². The molecule has 4 heteroatoms. The van der Waals surface area contributed by atoms with Crippen molar-refractivity contribution >= 4 is 27.9 Å². The van der Waals surface area contributed by atoms with Crippen LogP contribution in [0.5, 0.6) is 0 Å². The molecule has 0 unspecified atom stereocenters. The smallest absolute Gasteiger partial charge is 0.194 e. The minimum atomic E-state index is 0.760. The van der Waals surface area contributed by atoms with Gasteiger partial charge in [-0.2, -0.15) is 0 Å². The van der Waals surface area contributed by atoms with Gasteiger partial charge in [0.25, 0.3) is 0 Å². The van der Waals surface area contributed by atoms with E-state index in [-0.39, 0.29) is 0 Å². The van der Waals surface area contributed by atoms with Crippen LogP contribution in [0, 0.1) is 20.8 Å². The van der Waals surface area contributed by atoms with Gasteiger partial charge in [0.2, 0.25) is 0 Å². The fourth-order valence-electron chi connectivity index (χ4n) is 2.20. The minimum Gasteiger partial charge on any atom is -0.287 e. The maximum atomic E-state index is 5.95. The van der Waals surface area contributed by atoms with Crippen LogP contribution in [0.2, 0.25) is 5.02 Å². The van der Waals surface area contributed by atoms with E-state index in [1.807, 2.05) is 24.3 Å². The van der Waals surface area contributed by atoms with Gasteiger partial charge in [0.05, 0.1) is 11.4 Å². The van der Waals surface area contributed by atoms with Gasteiger partial charge in [-0.05, 0) is 32.9 Å². The standard InChI is InChI=1S/C14H13ClN2S/c1-8-13(11-4-6-12(15)7-5-11)17-9(2)10(3)18-14(17)16-8/h4-7H,1-3H3. The van der Waals surface area contributed by atoms with E-state index >= 15 is 0 Å². The lowest BCUT2D eigenvalue weighted by Crippen LogP contribution is -1.91. The molecule has 0 amide bonds. The van der Waals surface area contributed by atoms with Gasteiger partial charge >= 0.3 is 0 Å². The molecule has 0 radical (unpaired) electrons. The number of rotatable bonds is 1. The van der Waals surface area contributed by atoms with Crippen LogP contribution in [-0.2, 0) is 0 Å². The number of hydrogen-bond acceptors (Lipinski definition) is 2. The number of aryl methyl sites for hydroxylation is 3. The quantitative estimate of drug-likeness (QED) is 0.633. The van der Waals surface area contributed by atoms with Gasteiger partial charge in [-0.15, -0.1) is 11.3 Å². The second-order valence-electron chi connectivity index (χ2n) is 4.41. The average molecular weight is 277 g/mol. The average Bonchev–Trinajstić information content (AvgIpc) is 2.78. The summed E-state index contributed by atoms with van der Waals surface area (Å²) in [7, 11) is 0. The van der Waals surface area contributed by atoms with E-state index in [1.54, 1.807) is 11.3 Å². The van der Waals surface area contributed by atoms with E-state index in [9.17, 15) is 0 Å². The zero-order valence-electron chi connectivity index (χ0n) is 10.5. The highest BCUT2D eigenvalue weighted by atomic mass is 35.5. The second kappa shape index (κ2) is 4.11. The van der Waals surface area contributed by atoms with E-state index in [1.165, 1.54) is 16.3 Å². The Balaban J connectivity index is 2.33. The van der Waals surface area contributed by atoms with Crippen LogP contribution in [0.15, 0.2) is 24.3 Å². The summed E-state index contributed by atoms with van der Waals surface area (Å²) in [6.45, 7) is 6.33. The summed E-state index contributed by atoms with van der Waals surface area (Å²) >= 11 is 7.68. The molecule has 18 heavy (non-hydrogen) atoms. The van der Waals surface area contributed by atoms with Crippen LogP contribution < -0.4 is 0 Å². The lowest BCUT2D eigenvalue weighted by atomic mass is 10.1. The van der Waals surface area contributed by atoms with Crippen molar-refractivity contribution in [2.24, 2.45) is 0 Å². The highest BCUT2D eigenvalue weighted by Gasteiger charge is 2.15. The Hall–Kier alpha value is -1.32. The molecule has 0 aliphatic carbocycles. The predicted molar refractivity (Wildman–Crippen MR) is 77.7 cm³/mol. The van der Waals surface area contributed by atoms with Crippen molar-refractivity contribution in [3.05, 3.63) is 45.6 Å². The van der Waals surface area contributed by atoms with Crippen molar-refractivity contribution < 1.29 is 0 Å². The largest absolute Gasteiger partial charge is 0.287 e. The van der Waals surface area contributed by atoms with E-state index in [0.29, 0.717) is 0 Å². The van der Waals surface area contributed by atoms with Crippen LogP contribution in [0.3, 0.4) is 0 Å². The third kappa shape index (κ3) is 1.66. The first-order valence-corrected chi connectivity index (χ1v) is 6.98. The molecule has 0 atom stereocenters. The summed E-state index contributed by atoms with van der Waals surface area (Å²) < 4.78 is 2.23. The highest BCUT2D eigenvalue weighted by Crippen LogP contribution is 2.31. The van der Waals surface area contributed by atoms with Gasteiger partial charge in [0.1, 0.15) is 0 Å². The Kier molecular flexibility index (Phi) is 2.68. The fraction of sp³-hybridized carbons (Fsp3) is 0.214. The van der Waals surface area contributed by atoms with Gasteiger partial charge in [0.15, 0.2) is 4.96 Å². The summed E-state index contributed by atoms with van der Waals surface area (Å²) in [6.07, 6.45) is 0. The summed E-state index contributed by atoms with van der Waals surface area (Å²) in [6, 6.07) is 7.94. The zero-order chi connectivity index (χ0) is 12.9. The van der Waals surface area contributed by atoms with Gasteiger partial charge in [0, 0.05) is 21.2 Å². The fourth-order valence-corrected chi connectivity index (χ4v) is 3.34. The molecule has 0 bridgehead atoms. The number of thiazole rings is 1. The molecular formula is C14H13ClN2S. The number of imidazole rings is 1. The molecule has 0 aliphatic rings.